The quantitative estimate of drug-likeness (QED) is 0.759. The van der Waals surface area contributed by atoms with Gasteiger partial charge in [0.15, 0.2) is 11.5 Å². The predicted molar refractivity (Wildman–Crippen MR) is 107 cm³/mol. The zero-order valence-electron chi connectivity index (χ0n) is 15.9. The largest absolute Gasteiger partial charge is 0.496 e. The van der Waals surface area contributed by atoms with Crippen LogP contribution in [0, 0.1) is 6.92 Å². The van der Waals surface area contributed by atoms with Crippen LogP contribution in [0.15, 0.2) is 22.7 Å². The smallest absolute Gasteiger partial charge is 0.225 e. The molecule has 1 aliphatic heterocycles. The van der Waals surface area contributed by atoms with Gasteiger partial charge in [-0.3, -0.25) is 4.79 Å². The van der Waals surface area contributed by atoms with E-state index in [1.807, 2.05) is 19.1 Å². The average Bonchev–Trinajstić information content (AvgIpc) is 2.66. The van der Waals surface area contributed by atoms with Crippen LogP contribution in [0.4, 0.5) is 5.69 Å². The summed E-state index contributed by atoms with van der Waals surface area (Å²) in [4.78, 5) is 12.4. The molecule has 1 heterocycles. The Balaban J connectivity index is 2.27. The van der Waals surface area contributed by atoms with Gasteiger partial charge in [0.25, 0.3) is 0 Å². The molecule has 0 fully saturated rings. The number of carbonyl (C=O) groups is 1. The first-order valence-corrected chi connectivity index (χ1v) is 9.21. The third-order valence-electron chi connectivity index (χ3n) is 4.77. The highest BCUT2D eigenvalue weighted by Gasteiger charge is 2.34. The maximum absolute atomic E-state index is 12.4. The van der Waals surface area contributed by atoms with E-state index in [1.165, 1.54) is 0 Å². The van der Waals surface area contributed by atoms with Gasteiger partial charge in [-0.2, -0.15) is 0 Å². The third kappa shape index (κ3) is 3.32. The lowest BCUT2D eigenvalue weighted by atomic mass is 9.83. The Morgan fingerprint density at radius 2 is 1.63 bits per heavy atom. The lowest BCUT2D eigenvalue weighted by Gasteiger charge is -2.30. The number of aryl methyl sites for hydroxylation is 1. The Hall–Kier alpha value is -2.41. The minimum atomic E-state index is -0.206. The van der Waals surface area contributed by atoms with Crippen LogP contribution in [0.5, 0.6) is 23.0 Å². The molecule has 1 aliphatic rings. The van der Waals surface area contributed by atoms with Gasteiger partial charge in [0.1, 0.15) is 5.75 Å². The van der Waals surface area contributed by atoms with E-state index in [4.69, 9.17) is 18.9 Å². The maximum Gasteiger partial charge on any atom is 0.225 e. The summed E-state index contributed by atoms with van der Waals surface area (Å²) in [6, 6.07) is 5.72. The first kappa shape index (κ1) is 19.4. The van der Waals surface area contributed by atoms with Crippen LogP contribution < -0.4 is 24.3 Å². The molecule has 7 heteroatoms. The van der Waals surface area contributed by atoms with Gasteiger partial charge in [-0.05, 0) is 24.1 Å². The summed E-state index contributed by atoms with van der Waals surface area (Å²) in [6.07, 6.45) is 0.295. The molecule has 3 rings (SSSR count). The summed E-state index contributed by atoms with van der Waals surface area (Å²) < 4.78 is 22.9. The Bertz CT molecular complexity index is 897. The molecule has 0 spiro atoms. The van der Waals surface area contributed by atoms with E-state index in [1.54, 1.807) is 34.5 Å². The molecule has 0 aromatic heterocycles. The van der Waals surface area contributed by atoms with Gasteiger partial charge < -0.3 is 24.3 Å². The number of ether oxygens (including phenoxy) is 4. The minimum absolute atomic E-state index is 0.0675. The number of hydrogen-bond acceptors (Lipinski definition) is 5. The molecule has 0 saturated carbocycles. The Kier molecular flexibility index (Phi) is 5.51. The first-order chi connectivity index (χ1) is 12.9. The third-order valence-corrected chi connectivity index (χ3v) is 5.46. The summed E-state index contributed by atoms with van der Waals surface area (Å²) in [5, 5.41) is 2.92. The van der Waals surface area contributed by atoms with Crippen molar-refractivity contribution >= 4 is 27.5 Å². The molecule has 6 nitrogen and oxygen atoms in total. The number of halogens is 1. The van der Waals surface area contributed by atoms with Gasteiger partial charge in [0.05, 0.1) is 34.1 Å². The highest BCUT2D eigenvalue weighted by atomic mass is 79.9. The van der Waals surface area contributed by atoms with Crippen molar-refractivity contribution in [2.75, 3.05) is 33.8 Å². The molecule has 2 aromatic rings. The molecule has 1 N–H and O–H groups in total. The van der Waals surface area contributed by atoms with Gasteiger partial charge in [-0.15, -0.1) is 0 Å². The number of amides is 1. The fourth-order valence-corrected chi connectivity index (χ4v) is 4.15. The Morgan fingerprint density at radius 3 is 2.22 bits per heavy atom. The zero-order chi connectivity index (χ0) is 19.7. The average molecular weight is 436 g/mol. The molecule has 27 heavy (non-hydrogen) atoms. The Morgan fingerprint density at radius 1 is 0.963 bits per heavy atom. The van der Waals surface area contributed by atoms with Crippen molar-refractivity contribution in [3.8, 4) is 23.0 Å². The molecule has 144 valence electrons. The molecule has 2 aromatic carbocycles. The molecular formula is C20H22BrNO5. The molecular weight excluding hydrogens is 414 g/mol. The van der Waals surface area contributed by atoms with Crippen LogP contribution in [0.3, 0.4) is 0 Å². The number of fused-ring (bicyclic) bond motifs is 1. The van der Waals surface area contributed by atoms with E-state index in [-0.39, 0.29) is 11.8 Å². The van der Waals surface area contributed by atoms with Gasteiger partial charge >= 0.3 is 0 Å². The standard InChI is InChI=1S/C20H22BrNO5/c1-10-6-11(13(21)8-15(10)24-2)12-7-17(23)22-14-9-16(25-3)19(26-4)20(27-5)18(12)14/h6,8-9,12H,7H2,1-5H3,(H,22,23). The minimum Gasteiger partial charge on any atom is -0.496 e. The number of rotatable bonds is 5. The van der Waals surface area contributed by atoms with Crippen LogP contribution >= 0.6 is 15.9 Å². The molecule has 1 unspecified atom stereocenters. The Labute approximate surface area is 166 Å². The van der Waals surface area contributed by atoms with E-state index in [0.29, 0.717) is 29.4 Å². The lowest BCUT2D eigenvalue weighted by molar-refractivity contribution is -0.116. The summed E-state index contributed by atoms with van der Waals surface area (Å²) in [7, 11) is 6.34. The SMILES string of the molecule is COc1cc(Br)c(C2CC(=O)Nc3cc(OC)c(OC)c(OC)c32)cc1C. The number of carbonyl (C=O) groups excluding carboxylic acids is 1. The molecule has 0 saturated heterocycles. The van der Waals surface area contributed by atoms with E-state index in [2.05, 4.69) is 21.2 Å². The van der Waals surface area contributed by atoms with Crippen molar-refractivity contribution in [1.29, 1.82) is 0 Å². The predicted octanol–water partition coefficient (Wildman–Crippen LogP) is 4.27. The normalized spacial score (nSPS) is 15.6. The van der Waals surface area contributed by atoms with E-state index < -0.39 is 0 Å². The van der Waals surface area contributed by atoms with Crippen molar-refractivity contribution in [3.05, 3.63) is 39.4 Å². The second-order valence-electron chi connectivity index (χ2n) is 6.25. The fourth-order valence-electron chi connectivity index (χ4n) is 3.55. The van der Waals surface area contributed by atoms with Crippen molar-refractivity contribution in [2.45, 2.75) is 19.3 Å². The highest BCUT2D eigenvalue weighted by Crippen LogP contribution is 2.52. The van der Waals surface area contributed by atoms with Gasteiger partial charge in [-0.1, -0.05) is 22.0 Å². The van der Waals surface area contributed by atoms with Gasteiger partial charge in [-0.25, -0.2) is 0 Å². The first-order valence-electron chi connectivity index (χ1n) is 8.41. The fraction of sp³-hybridized carbons (Fsp3) is 0.350. The summed E-state index contributed by atoms with van der Waals surface area (Å²) >= 11 is 3.63. The maximum atomic E-state index is 12.4. The van der Waals surface area contributed by atoms with Crippen LogP contribution in [-0.2, 0) is 4.79 Å². The zero-order valence-corrected chi connectivity index (χ0v) is 17.5. The molecule has 1 amide bonds. The van der Waals surface area contributed by atoms with Gasteiger partial charge in [0.2, 0.25) is 11.7 Å². The number of benzene rings is 2. The summed E-state index contributed by atoms with van der Waals surface area (Å²) in [5.74, 6) is 2.06. The van der Waals surface area contributed by atoms with Crippen molar-refractivity contribution < 1.29 is 23.7 Å². The number of nitrogens with one attached hydrogen (secondary N) is 1. The number of methoxy groups -OCH3 is 4. The van der Waals surface area contributed by atoms with Crippen molar-refractivity contribution in [1.82, 2.24) is 0 Å². The van der Waals surface area contributed by atoms with Crippen LogP contribution in [0.1, 0.15) is 29.0 Å². The number of anilines is 1. The van der Waals surface area contributed by atoms with E-state index >= 15 is 0 Å². The van der Waals surface area contributed by atoms with Gasteiger partial charge in [0, 0.05) is 28.4 Å². The second-order valence-corrected chi connectivity index (χ2v) is 7.11. The van der Waals surface area contributed by atoms with E-state index in [9.17, 15) is 4.79 Å². The molecule has 0 aliphatic carbocycles. The van der Waals surface area contributed by atoms with E-state index in [0.717, 1.165) is 26.9 Å². The molecule has 0 bridgehead atoms. The molecule has 0 radical (unpaired) electrons. The van der Waals surface area contributed by atoms with Crippen molar-refractivity contribution in [2.24, 2.45) is 0 Å². The molecule has 1 atom stereocenters. The second kappa shape index (κ2) is 7.68. The monoisotopic (exact) mass is 435 g/mol. The summed E-state index contributed by atoms with van der Waals surface area (Å²) in [6.45, 7) is 1.98. The lowest BCUT2D eigenvalue weighted by Crippen LogP contribution is -2.24. The summed E-state index contributed by atoms with van der Waals surface area (Å²) in [5.41, 5.74) is 3.49. The highest BCUT2D eigenvalue weighted by molar-refractivity contribution is 9.10. The van der Waals surface area contributed by atoms with Crippen LogP contribution in [0.2, 0.25) is 0 Å². The van der Waals surface area contributed by atoms with Crippen molar-refractivity contribution in [3.63, 3.8) is 0 Å². The van der Waals surface area contributed by atoms with Crippen LogP contribution in [0.25, 0.3) is 0 Å². The van der Waals surface area contributed by atoms with Crippen LogP contribution in [-0.4, -0.2) is 34.3 Å². The topological polar surface area (TPSA) is 66.0 Å². The number of hydrogen-bond donors (Lipinski definition) is 1.